The van der Waals surface area contributed by atoms with Gasteiger partial charge in [0, 0.05) is 24.1 Å². The van der Waals surface area contributed by atoms with Gasteiger partial charge in [-0.05, 0) is 56.8 Å². The summed E-state index contributed by atoms with van der Waals surface area (Å²) >= 11 is 0. The van der Waals surface area contributed by atoms with Crippen molar-refractivity contribution in [1.29, 1.82) is 0 Å². The predicted molar refractivity (Wildman–Crippen MR) is 94.1 cm³/mol. The third-order valence-electron chi connectivity index (χ3n) is 4.67. The zero-order valence-electron chi connectivity index (χ0n) is 14.2. The van der Waals surface area contributed by atoms with Crippen molar-refractivity contribution >= 4 is 5.65 Å². The van der Waals surface area contributed by atoms with Gasteiger partial charge in [-0.3, -0.25) is 0 Å². The fourth-order valence-corrected chi connectivity index (χ4v) is 3.36. The van der Waals surface area contributed by atoms with Crippen molar-refractivity contribution in [3.8, 4) is 17.1 Å². The van der Waals surface area contributed by atoms with E-state index in [1.165, 1.54) is 25.0 Å². The lowest BCUT2D eigenvalue weighted by molar-refractivity contribution is 0.146. The average Bonchev–Trinajstić information content (AvgIpc) is 3.04. The number of hydrogen-bond acceptors (Lipinski definition) is 4. The first-order valence-electron chi connectivity index (χ1n) is 8.61. The SMILES string of the molecule is CN1CCCC(COc2ccc3ncc(-c4ccc(F)cc4)n3n2)C1. The van der Waals surface area contributed by atoms with Crippen LogP contribution in [0.25, 0.3) is 16.9 Å². The van der Waals surface area contributed by atoms with Crippen LogP contribution in [0.3, 0.4) is 0 Å². The molecule has 4 rings (SSSR count). The second-order valence-corrected chi connectivity index (χ2v) is 6.67. The Balaban J connectivity index is 1.55. The molecule has 1 aliphatic heterocycles. The quantitative estimate of drug-likeness (QED) is 0.731. The zero-order valence-corrected chi connectivity index (χ0v) is 14.2. The van der Waals surface area contributed by atoms with Crippen LogP contribution >= 0.6 is 0 Å². The monoisotopic (exact) mass is 340 g/mol. The lowest BCUT2D eigenvalue weighted by Crippen LogP contribution is -2.34. The van der Waals surface area contributed by atoms with Crippen LogP contribution in [0.15, 0.2) is 42.6 Å². The molecule has 1 aromatic carbocycles. The van der Waals surface area contributed by atoms with Gasteiger partial charge in [-0.1, -0.05) is 0 Å². The van der Waals surface area contributed by atoms with E-state index >= 15 is 0 Å². The fourth-order valence-electron chi connectivity index (χ4n) is 3.36. The number of aromatic nitrogens is 3. The van der Waals surface area contributed by atoms with Gasteiger partial charge in [0.2, 0.25) is 5.88 Å². The number of rotatable bonds is 4. The number of imidazole rings is 1. The van der Waals surface area contributed by atoms with Gasteiger partial charge in [-0.15, -0.1) is 5.10 Å². The van der Waals surface area contributed by atoms with Crippen molar-refractivity contribution in [1.82, 2.24) is 19.5 Å². The molecule has 1 atom stereocenters. The summed E-state index contributed by atoms with van der Waals surface area (Å²) in [4.78, 5) is 6.71. The van der Waals surface area contributed by atoms with Crippen LogP contribution in [0.1, 0.15) is 12.8 Å². The van der Waals surface area contributed by atoms with E-state index in [0.717, 1.165) is 30.0 Å². The van der Waals surface area contributed by atoms with E-state index in [1.807, 2.05) is 12.1 Å². The standard InChI is InChI=1S/C19H21FN4O/c1-23-10-2-3-14(12-23)13-25-19-9-8-18-21-11-17(24(18)22-19)15-4-6-16(20)7-5-15/h4-9,11,14H,2-3,10,12-13H2,1H3. The Morgan fingerprint density at radius 2 is 2.04 bits per heavy atom. The molecular formula is C19H21FN4O. The molecule has 1 aliphatic rings. The molecule has 3 heterocycles. The van der Waals surface area contributed by atoms with Gasteiger partial charge >= 0.3 is 0 Å². The van der Waals surface area contributed by atoms with Crippen molar-refractivity contribution in [2.45, 2.75) is 12.8 Å². The Labute approximate surface area is 146 Å². The van der Waals surface area contributed by atoms with Gasteiger partial charge < -0.3 is 9.64 Å². The number of piperidine rings is 1. The van der Waals surface area contributed by atoms with E-state index in [0.29, 0.717) is 18.4 Å². The van der Waals surface area contributed by atoms with E-state index in [1.54, 1.807) is 22.8 Å². The van der Waals surface area contributed by atoms with Gasteiger partial charge in [0.1, 0.15) is 5.82 Å². The summed E-state index contributed by atoms with van der Waals surface area (Å²) in [5, 5.41) is 4.56. The second-order valence-electron chi connectivity index (χ2n) is 6.67. The summed E-state index contributed by atoms with van der Waals surface area (Å²) in [7, 11) is 2.15. The summed E-state index contributed by atoms with van der Waals surface area (Å²) in [5.74, 6) is 0.865. The smallest absolute Gasteiger partial charge is 0.231 e. The van der Waals surface area contributed by atoms with Crippen molar-refractivity contribution < 1.29 is 9.13 Å². The molecule has 1 saturated heterocycles. The average molecular weight is 340 g/mol. The summed E-state index contributed by atoms with van der Waals surface area (Å²) < 4.78 is 20.8. The molecule has 5 nitrogen and oxygen atoms in total. The first-order chi connectivity index (χ1) is 12.2. The van der Waals surface area contributed by atoms with Crippen LogP contribution < -0.4 is 4.74 Å². The number of likely N-dealkylation sites (tertiary alicyclic amines) is 1. The number of ether oxygens (including phenoxy) is 1. The molecule has 0 bridgehead atoms. The normalized spacial score (nSPS) is 18.6. The van der Waals surface area contributed by atoms with Crippen LogP contribution in [-0.4, -0.2) is 46.2 Å². The Morgan fingerprint density at radius 1 is 1.20 bits per heavy atom. The maximum atomic E-state index is 13.1. The minimum absolute atomic E-state index is 0.257. The largest absolute Gasteiger partial charge is 0.476 e. The molecule has 0 spiro atoms. The second kappa shape index (κ2) is 6.80. The first-order valence-corrected chi connectivity index (χ1v) is 8.61. The molecule has 0 aliphatic carbocycles. The first kappa shape index (κ1) is 16.0. The van der Waals surface area contributed by atoms with Crippen LogP contribution in [0, 0.1) is 11.7 Å². The van der Waals surface area contributed by atoms with E-state index in [2.05, 4.69) is 22.0 Å². The van der Waals surface area contributed by atoms with Gasteiger partial charge in [0.25, 0.3) is 0 Å². The van der Waals surface area contributed by atoms with Crippen LogP contribution in [-0.2, 0) is 0 Å². The highest BCUT2D eigenvalue weighted by molar-refractivity contribution is 5.62. The molecule has 0 radical (unpaired) electrons. The van der Waals surface area contributed by atoms with Crippen molar-refractivity contribution in [3.05, 3.63) is 48.4 Å². The molecule has 0 saturated carbocycles. The molecule has 0 N–H and O–H groups in total. The van der Waals surface area contributed by atoms with Crippen molar-refractivity contribution in [2.75, 3.05) is 26.7 Å². The molecule has 1 fully saturated rings. The molecule has 3 aromatic rings. The van der Waals surface area contributed by atoms with E-state index in [-0.39, 0.29) is 5.82 Å². The Kier molecular flexibility index (Phi) is 4.36. The Morgan fingerprint density at radius 3 is 2.84 bits per heavy atom. The van der Waals surface area contributed by atoms with Crippen LogP contribution in [0.2, 0.25) is 0 Å². The van der Waals surface area contributed by atoms with E-state index in [9.17, 15) is 4.39 Å². The van der Waals surface area contributed by atoms with Gasteiger partial charge in [0.05, 0.1) is 18.5 Å². The van der Waals surface area contributed by atoms with Gasteiger partial charge in [-0.25, -0.2) is 13.9 Å². The molecule has 1 unspecified atom stereocenters. The van der Waals surface area contributed by atoms with Gasteiger partial charge in [-0.2, -0.15) is 0 Å². The number of halogens is 1. The summed E-state index contributed by atoms with van der Waals surface area (Å²) in [6.45, 7) is 2.90. The number of nitrogens with zero attached hydrogens (tertiary/aromatic N) is 4. The van der Waals surface area contributed by atoms with Crippen molar-refractivity contribution in [2.24, 2.45) is 5.92 Å². The molecular weight excluding hydrogens is 319 g/mol. The zero-order chi connectivity index (χ0) is 17.2. The highest BCUT2D eigenvalue weighted by Gasteiger charge is 2.18. The molecule has 130 valence electrons. The van der Waals surface area contributed by atoms with Gasteiger partial charge in [0.15, 0.2) is 5.65 Å². The highest BCUT2D eigenvalue weighted by Crippen LogP contribution is 2.22. The molecule has 6 heteroatoms. The summed E-state index contributed by atoms with van der Waals surface area (Å²) in [6, 6.07) is 10.1. The van der Waals surface area contributed by atoms with E-state index in [4.69, 9.17) is 4.74 Å². The lowest BCUT2D eigenvalue weighted by atomic mass is 10.00. The third kappa shape index (κ3) is 3.49. The molecule has 2 aromatic heterocycles. The topological polar surface area (TPSA) is 42.7 Å². The van der Waals surface area contributed by atoms with Crippen molar-refractivity contribution in [3.63, 3.8) is 0 Å². The third-order valence-corrected chi connectivity index (χ3v) is 4.67. The minimum atomic E-state index is -0.257. The number of benzene rings is 1. The molecule has 0 amide bonds. The summed E-state index contributed by atoms with van der Waals surface area (Å²) in [5.41, 5.74) is 2.43. The lowest BCUT2D eigenvalue weighted by Gasteiger charge is -2.29. The number of hydrogen-bond donors (Lipinski definition) is 0. The molecule has 25 heavy (non-hydrogen) atoms. The highest BCUT2D eigenvalue weighted by atomic mass is 19.1. The Hall–Kier alpha value is -2.47. The van der Waals surface area contributed by atoms with Crippen LogP contribution in [0.5, 0.6) is 5.88 Å². The minimum Gasteiger partial charge on any atom is -0.476 e. The summed E-state index contributed by atoms with van der Waals surface area (Å²) in [6.07, 6.45) is 4.15. The Bertz CT molecular complexity index is 861. The van der Waals surface area contributed by atoms with Crippen LogP contribution in [0.4, 0.5) is 4.39 Å². The maximum absolute atomic E-state index is 13.1. The van der Waals surface area contributed by atoms with E-state index < -0.39 is 0 Å². The predicted octanol–water partition coefficient (Wildman–Crippen LogP) is 3.26. The number of fused-ring (bicyclic) bond motifs is 1. The maximum Gasteiger partial charge on any atom is 0.231 e. The fraction of sp³-hybridized carbons (Fsp3) is 0.368.